The van der Waals surface area contributed by atoms with Gasteiger partial charge in [-0.3, -0.25) is 25.4 Å². The Morgan fingerprint density at radius 2 is 1.87 bits per heavy atom. The molecule has 2 aromatic rings. The van der Waals surface area contributed by atoms with Gasteiger partial charge in [0, 0.05) is 22.5 Å². The molecule has 0 saturated carbocycles. The lowest BCUT2D eigenvalue weighted by Gasteiger charge is -2.11. The van der Waals surface area contributed by atoms with E-state index in [1.165, 1.54) is 6.07 Å². The number of nitrogens with one attached hydrogen (secondary N) is 5. The number of hydrogen-bond acceptors (Lipinski definition) is 4. The number of thiocarbonyl (C=S) groups is 1. The van der Waals surface area contributed by atoms with Crippen LogP contribution in [0.1, 0.15) is 5.69 Å². The topological polar surface area (TPSA) is 102 Å². The van der Waals surface area contributed by atoms with Crippen molar-refractivity contribution in [2.75, 3.05) is 5.32 Å². The number of H-pyrrole nitrogens is 2. The van der Waals surface area contributed by atoms with Gasteiger partial charge in [-0.2, -0.15) is 0 Å². The van der Waals surface area contributed by atoms with Crippen LogP contribution >= 0.6 is 36.0 Å². The summed E-state index contributed by atoms with van der Waals surface area (Å²) < 4.78 is 0.160. The summed E-state index contributed by atoms with van der Waals surface area (Å²) in [5.41, 5.74) is 5.72. The van der Waals surface area contributed by atoms with Gasteiger partial charge in [0.2, 0.25) is 5.91 Å². The molecule has 0 radical (unpaired) electrons. The van der Waals surface area contributed by atoms with E-state index in [9.17, 15) is 9.59 Å². The molecule has 10 heteroatoms. The first kappa shape index (κ1) is 17.1. The van der Waals surface area contributed by atoms with E-state index in [4.69, 9.17) is 36.0 Å². The zero-order valence-electron chi connectivity index (χ0n) is 11.6. The second-order valence-corrected chi connectivity index (χ2v) is 5.68. The maximum atomic E-state index is 11.8. The average molecular weight is 370 g/mol. The highest BCUT2D eigenvalue weighted by atomic mass is 35.5. The van der Waals surface area contributed by atoms with Gasteiger partial charge in [0.1, 0.15) is 0 Å². The number of anilines is 1. The van der Waals surface area contributed by atoms with Crippen LogP contribution in [0.4, 0.5) is 5.69 Å². The number of aromatic nitrogens is 2. The second kappa shape index (κ2) is 7.86. The molecule has 0 atom stereocenters. The largest absolute Gasteiger partial charge is 0.335 e. The van der Waals surface area contributed by atoms with E-state index < -0.39 is 0 Å². The number of rotatable bonds is 3. The van der Waals surface area contributed by atoms with Crippen LogP contribution in [0.15, 0.2) is 35.1 Å². The van der Waals surface area contributed by atoms with Gasteiger partial charge in [-0.1, -0.05) is 11.6 Å². The van der Waals surface area contributed by atoms with E-state index in [0.717, 1.165) is 5.69 Å². The third-order valence-corrected chi connectivity index (χ3v) is 3.24. The fraction of sp³-hybridized carbons (Fsp3) is 0.0769. The third-order valence-electron chi connectivity index (χ3n) is 2.58. The molecule has 0 bridgehead atoms. The van der Waals surface area contributed by atoms with Crippen molar-refractivity contribution in [3.8, 4) is 0 Å². The Morgan fingerprint density at radius 1 is 1.17 bits per heavy atom. The second-order valence-electron chi connectivity index (χ2n) is 4.42. The van der Waals surface area contributed by atoms with Crippen molar-refractivity contribution in [3.63, 3.8) is 0 Å². The maximum Gasteiger partial charge on any atom is 0.251 e. The Hall–Kier alpha value is -2.23. The smallest absolute Gasteiger partial charge is 0.251 e. The minimum Gasteiger partial charge on any atom is -0.335 e. The van der Waals surface area contributed by atoms with Gasteiger partial charge in [0.25, 0.3) is 5.56 Å². The SMILES string of the molecule is O=C(Cc1cc(=O)[nH]c(=S)[nH]1)NNC(=S)Nc1ccc(Cl)cc1. The number of amides is 1. The molecule has 0 unspecified atom stereocenters. The molecule has 0 saturated heterocycles. The van der Waals surface area contributed by atoms with E-state index in [-0.39, 0.29) is 27.8 Å². The number of halogens is 1. The molecule has 7 nitrogen and oxygen atoms in total. The molecule has 23 heavy (non-hydrogen) atoms. The molecule has 1 heterocycles. The van der Waals surface area contributed by atoms with E-state index in [0.29, 0.717) is 10.7 Å². The Balaban J connectivity index is 1.83. The fourth-order valence-corrected chi connectivity index (χ4v) is 2.18. The molecule has 2 rings (SSSR count). The number of aromatic amines is 2. The molecule has 120 valence electrons. The highest BCUT2D eigenvalue weighted by molar-refractivity contribution is 7.80. The summed E-state index contributed by atoms with van der Waals surface area (Å²) in [6.07, 6.45) is -0.0515. The van der Waals surface area contributed by atoms with Gasteiger partial charge in [-0.25, -0.2) is 0 Å². The predicted octanol–water partition coefficient (Wildman–Crippen LogP) is 1.65. The third kappa shape index (κ3) is 5.81. The number of hydrogen-bond donors (Lipinski definition) is 5. The molecular weight excluding hydrogens is 358 g/mol. The summed E-state index contributed by atoms with van der Waals surface area (Å²) in [6, 6.07) is 8.17. The Morgan fingerprint density at radius 3 is 2.52 bits per heavy atom. The quantitative estimate of drug-likeness (QED) is 0.416. The minimum absolute atomic E-state index is 0.0515. The van der Waals surface area contributed by atoms with Gasteiger partial charge in [-0.05, 0) is 48.7 Å². The standard InChI is InChI=1S/C13H12ClN5O2S2/c14-7-1-3-8(4-2-7)15-13(23)19-18-11(21)6-9-5-10(20)17-12(22)16-9/h1-5H,6H2,(H,18,21)(H2,15,19,23)(H2,16,17,20,22). The van der Waals surface area contributed by atoms with Crippen molar-refractivity contribution in [1.82, 2.24) is 20.8 Å². The number of carbonyl (C=O) groups is 1. The van der Waals surface area contributed by atoms with Gasteiger partial charge in [0.15, 0.2) is 9.88 Å². The molecule has 0 aliphatic heterocycles. The molecule has 0 aliphatic carbocycles. The maximum absolute atomic E-state index is 11.8. The normalized spacial score (nSPS) is 9.96. The van der Waals surface area contributed by atoms with Crippen LogP contribution < -0.4 is 21.7 Å². The molecule has 0 spiro atoms. The highest BCUT2D eigenvalue weighted by Gasteiger charge is 2.05. The number of carbonyl (C=O) groups excluding carboxylic acids is 1. The van der Waals surface area contributed by atoms with Crippen molar-refractivity contribution in [3.05, 3.63) is 56.2 Å². The van der Waals surface area contributed by atoms with Crippen LogP contribution in [-0.2, 0) is 11.2 Å². The van der Waals surface area contributed by atoms with E-state index in [2.05, 4.69) is 26.1 Å². The summed E-state index contributed by atoms with van der Waals surface area (Å²) in [7, 11) is 0. The van der Waals surface area contributed by atoms with E-state index in [1.54, 1.807) is 24.3 Å². The van der Waals surface area contributed by atoms with Crippen LogP contribution in [0.25, 0.3) is 0 Å². The Kier molecular flexibility index (Phi) is 5.85. The molecular formula is C13H12ClN5O2S2. The van der Waals surface area contributed by atoms with Gasteiger partial charge in [0.05, 0.1) is 6.42 Å². The van der Waals surface area contributed by atoms with Crippen molar-refractivity contribution < 1.29 is 4.79 Å². The van der Waals surface area contributed by atoms with Crippen LogP contribution in [0.2, 0.25) is 5.02 Å². The van der Waals surface area contributed by atoms with Gasteiger partial charge < -0.3 is 10.3 Å². The first-order valence-electron chi connectivity index (χ1n) is 6.36. The fourth-order valence-electron chi connectivity index (χ4n) is 1.65. The lowest BCUT2D eigenvalue weighted by atomic mass is 10.3. The van der Waals surface area contributed by atoms with Crippen molar-refractivity contribution in [2.45, 2.75) is 6.42 Å². The molecule has 5 N–H and O–H groups in total. The van der Waals surface area contributed by atoms with Crippen molar-refractivity contribution >= 4 is 52.7 Å². The monoisotopic (exact) mass is 369 g/mol. The van der Waals surface area contributed by atoms with Gasteiger partial charge in [-0.15, -0.1) is 0 Å². The van der Waals surface area contributed by atoms with Crippen LogP contribution in [-0.4, -0.2) is 21.0 Å². The first-order valence-corrected chi connectivity index (χ1v) is 7.56. The van der Waals surface area contributed by atoms with Crippen LogP contribution in [0.3, 0.4) is 0 Å². The molecule has 1 aromatic carbocycles. The highest BCUT2D eigenvalue weighted by Crippen LogP contribution is 2.12. The van der Waals surface area contributed by atoms with E-state index in [1.807, 2.05) is 0 Å². The van der Waals surface area contributed by atoms with Gasteiger partial charge >= 0.3 is 0 Å². The molecule has 1 amide bonds. The summed E-state index contributed by atoms with van der Waals surface area (Å²) in [5.74, 6) is -0.387. The number of benzene rings is 1. The zero-order chi connectivity index (χ0) is 16.8. The number of hydrazine groups is 1. The van der Waals surface area contributed by atoms with Crippen molar-refractivity contribution in [1.29, 1.82) is 0 Å². The Bertz CT molecular complexity index is 803. The van der Waals surface area contributed by atoms with Crippen LogP contribution in [0.5, 0.6) is 0 Å². The summed E-state index contributed by atoms with van der Waals surface area (Å²) >= 11 is 15.7. The molecule has 0 fully saturated rings. The lowest BCUT2D eigenvalue weighted by molar-refractivity contribution is -0.121. The zero-order valence-corrected chi connectivity index (χ0v) is 14.0. The lowest BCUT2D eigenvalue weighted by Crippen LogP contribution is -2.44. The minimum atomic E-state index is -0.387. The predicted molar refractivity (Wildman–Crippen MR) is 94.9 cm³/mol. The summed E-state index contributed by atoms with van der Waals surface area (Å²) in [6.45, 7) is 0. The Labute approximate surface area is 146 Å². The average Bonchev–Trinajstić information content (AvgIpc) is 2.46. The summed E-state index contributed by atoms with van der Waals surface area (Å²) in [4.78, 5) is 28.2. The van der Waals surface area contributed by atoms with Crippen LogP contribution in [0, 0.1) is 4.77 Å². The van der Waals surface area contributed by atoms with E-state index >= 15 is 0 Å². The summed E-state index contributed by atoms with van der Waals surface area (Å²) in [5, 5.41) is 3.69. The molecule has 1 aromatic heterocycles. The van der Waals surface area contributed by atoms with Crippen molar-refractivity contribution in [2.24, 2.45) is 0 Å². The molecule has 0 aliphatic rings. The first-order chi connectivity index (χ1) is 10.9.